The molecule has 0 saturated carbocycles. The van der Waals surface area contributed by atoms with Crippen molar-refractivity contribution < 1.29 is 5.11 Å². The predicted molar refractivity (Wildman–Crippen MR) is 76.5 cm³/mol. The molecule has 0 aliphatic carbocycles. The number of nitrogens with zero attached hydrogens (tertiary/aromatic N) is 1. The molecule has 1 aromatic heterocycles. The Balaban J connectivity index is 2.31. The predicted octanol–water partition coefficient (Wildman–Crippen LogP) is 4.37. The quantitative estimate of drug-likeness (QED) is 0.724. The van der Waals surface area contributed by atoms with Crippen LogP contribution >= 0.6 is 15.9 Å². The molecule has 88 valence electrons. The molecule has 1 heterocycles. The summed E-state index contributed by atoms with van der Waals surface area (Å²) < 4.78 is 0.905. The Hall–Kier alpha value is -1.87. The largest absolute Gasteiger partial charge is 0.507 e. The minimum atomic E-state index is 0.272. The number of rotatable bonds is 1. The van der Waals surface area contributed by atoms with Gasteiger partial charge in [0.1, 0.15) is 5.75 Å². The Morgan fingerprint density at radius 2 is 1.72 bits per heavy atom. The molecule has 3 heteroatoms. The maximum Gasteiger partial charge on any atom is 0.123 e. The van der Waals surface area contributed by atoms with Gasteiger partial charge in [-0.1, -0.05) is 36.4 Å². The van der Waals surface area contributed by atoms with Crippen LogP contribution in [0.5, 0.6) is 5.75 Å². The van der Waals surface area contributed by atoms with E-state index in [2.05, 4.69) is 20.9 Å². The zero-order valence-electron chi connectivity index (χ0n) is 9.47. The lowest BCUT2D eigenvalue weighted by molar-refractivity contribution is 0.477. The first-order valence-electron chi connectivity index (χ1n) is 5.59. The molecule has 3 rings (SSSR count). The van der Waals surface area contributed by atoms with Crippen LogP contribution in [-0.4, -0.2) is 10.1 Å². The van der Waals surface area contributed by atoms with Crippen molar-refractivity contribution in [2.24, 2.45) is 0 Å². The lowest BCUT2D eigenvalue weighted by Gasteiger charge is -2.09. The van der Waals surface area contributed by atoms with Gasteiger partial charge in [-0.2, -0.15) is 0 Å². The molecule has 1 N–H and O–H groups in total. The van der Waals surface area contributed by atoms with E-state index < -0.39 is 0 Å². The van der Waals surface area contributed by atoms with Crippen LogP contribution in [0.1, 0.15) is 0 Å². The second-order valence-corrected chi connectivity index (χ2v) is 4.81. The van der Waals surface area contributed by atoms with Crippen LogP contribution in [0, 0.1) is 0 Å². The maximum absolute atomic E-state index is 9.92. The van der Waals surface area contributed by atoms with Crippen molar-refractivity contribution in [3.63, 3.8) is 0 Å². The summed E-state index contributed by atoms with van der Waals surface area (Å²) in [6.45, 7) is 0. The lowest BCUT2D eigenvalue weighted by Crippen LogP contribution is -1.85. The first kappa shape index (κ1) is 11.2. The first-order valence-corrected chi connectivity index (χ1v) is 6.38. The van der Waals surface area contributed by atoms with Crippen LogP contribution < -0.4 is 0 Å². The Bertz CT molecular complexity index is 725. The summed E-state index contributed by atoms with van der Waals surface area (Å²) in [6.07, 6.45) is 1.77. The third-order valence-corrected chi connectivity index (χ3v) is 3.71. The normalized spacial score (nSPS) is 10.7. The SMILES string of the molecule is Oc1ccccc1-c1ccc2cccnc2c1Br. The van der Waals surface area contributed by atoms with Gasteiger partial charge in [0.15, 0.2) is 0 Å². The third-order valence-electron chi connectivity index (χ3n) is 2.91. The Labute approximate surface area is 113 Å². The Morgan fingerprint density at radius 3 is 2.56 bits per heavy atom. The average Bonchev–Trinajstić information content (AvgIpc) is 2.41. The van der Waals surface area contributed by atoms with E-state index in [4.69, 9.17) is 0 Å². The second kappa shape index (κ2) is 4.42. The highest BCUT2D eigenvalue weighted by Crippen LogP contribution is 2.37. The van der Waals surface area contributed by atoms with Gasteiger partial charge in [0, 0.05) is 22.7 Å². The Morgan fingerprint density at radius 1 is 0.889 bits per heavy atom. The van der Waals surface area contributed by atoms with Crippen LogP contribution in [0.15, 0.2) is 59.2 Å². The van der Waals surface area contributed by atoms with Crippen molar-refractivity contribution in [2.45, 2.75) is 0 Å². The molecule has 0 spiro atoms. The minimum Gasteiger partial charge on any atom is -0.507 e. The number of fused-ring (bicyclic) bond motifs is 1. The van der Waals surface area contributed by atoms with Gasteiger partial charge in [-0.25, -0.2) is 0 Å². The molecule has 0 saturated heterocycles. The van der Waals surface area contributed by atoms with Crippen LogP contribution in [0.3, 0.4) is 0 Å². The van der Waals surface area contributed by atoms with Gasteiger partial charge < -0.3 is 5.11 Å². The number of para-hydroxylation sites is 1. The van der Waals surface area contributed by atoms with E-state index in [0.29, 0.717) is 0 Å². The molecule has 0 atom stereocenters. The van der Waals surface area contributed by atoms with Crippen molar-refractivity contribution in [3.05, 3.63) is 59.2 Å². The van der Waals surface area contributed by atoms with E-state index in [1.807, 2.05) is 42.5 Å². The summed E-state index contributed by atoms with van der Waals surface area (Å²) in [5.41, 5.74) is 2.65. The minimum absolute atomic E-state index is 0.272. The molecule has 0 fully saturated rings. The molecule has 0 radical (unpaired) electrons. The number of phenols is 1. The van der Waals surface area contributed by atoms with E-state index in [-0.39, 0.29) is 5.75 Å². The first-order chi connectivity index (χ1) is 8.77. The fourth-order valence-corrected chi connectivity index (χ4v) is 2.70. The number of pyridine rings is 1. The average molecular weight is 300 g/mol. The fourth-order valence-electron chi connectivity index (χ4n) is 2.02. The van der Waals surface area contributed by atoms with E-state index in [1.165, 1.54) is 0 Å². The van der Waals surface area contributed by atoms with Gasteiger partial charge in [-0.15, -0.1) is 0 Å². The highest BCUT2D eigenvalue weighted by atomic mass is 79.9. The van der Waals surface area contributed by atoms with Crippen LogP contribution in [0.2, 0.25) is 0 Å². The molecular formula is C15H10BrNO. The maximum atomic E-state index is 9.92. The molecule has 18 heavy (non-hydrogen) atoms. The molecule has 2 nitrogen and oxygen atoms in total. The molecule has 0 amide bonds. The molecular weight excluding hydrogens is 290 g/mol. The van der Waals surface area contributed by atoms with Gasteiger partial charge in [0.2, 0.25) is 0 Å². The number of aromatic hydroxyl groups is 1. The van der Waals surface area contributed by atoms with Crippen LogP contribution in [0.25, 0.3) is 22.0 Å². The smallest absolute Gasteiger partial charge is 0.123 e. The standard InChI is InChI=1S/C15H10BrNO/c16-14-12(11-5-1-2-6-13(11)18)8-7-10-4-3-9-17-15(10)14/h1-9,18H. The number of benzene rings is 2. The summed E-state index contributed by atoms with van der Waals surface area (Å²) in [5.74, 6) is 0.272. The highest BCUT2D eigenvalue weighted by Gasteiger charge is 2.10. The molecule has 0 bridgehead atoms. The van der Waals surface area contributed by atoms with Crippen molar-refractivity contribution in [1.29, 1.82) is 0 Å². The second-order valence-electron chi connectivity index (χ2n) is 4.02. The number of hydrogen-bond acceptors (Lipinski definition) is 2. The van der Waals surface area contributed by atoms with Crippen molar-refractivity contribution in [1.82, 2.24) is 4.98 Å². The van der Waals surface area contributed by atoms with Gasteiger partial charge in [0.25, 0.3) is 0 Å². The van der Waals surface area contributed by atoms with E-state index in [1.54, 1.807) is 12.3 Å². The summed E-state index contributed by atoms with van der Waals surface area (Å²) in [5, 5.41) is 11.0. The molecule has 3 aromatic rings. The zero-order chi connectivity index (χ0) is 12.5. The van der Waals surface area contributed by atoms with Crippen molar-refractivity contribution >= 4 is 26.8 Å². The summed E-state index contributed by atoms with van der Waals surface area (Å²) in [7, 11) is 0. The zero-order valence-corrected chi connectivity index (χ0v) is 11.1. The summed E-state index contributed by atoms with van der Waals surface area (Å²) >= 11 is 3.58. The molecule has 0 aliphatic rings. The lowest BCUT2D eigenvalue weighted by atomic mass is 10.0. The van der Waals surface area contributed by atoms with E-state index in [9.17, 15) is 5.11 Å². The number of aromatic nitrogens is 1. The molecule has 2 aromatic carbocycles. The summed E-state index contributed by atoms with van der Waals surface area (Å²) in [6, 6.07) is 15.2. The number of halogens is 1. The van der Waals surface area contributed by atoms with E-state index >= 15 is 0 Å². The molecule has 0 aliphatic heterocycles. The number of hydrogen-bond donors (Lipinski definition) is 1. The monoisotopic (exact) mass is 299 g/mol. The Kier molecular flexibility index (Phi) is 2.76. The topological polar surface area (TPSA) is 33.1 Å². The third kappa shape index (κ3) is 1.77. The summed E-state index contributed by atoms with van der Waals surface area (Å²) in [4.78, 5) is 4.37. The van der Waals surface area contributed by atoms with Crippen molar-refractivity contribution in [3.8, 4) is 16.9 Å². The van der Waals surface area contributed by atoms with Gasteiger partial charge in [-0.05, 0) is 28.1 Å². The van der Waals surface area contributed by atoms with Crippen LogP contribution in [0.4, 0.5) is 0 Å². The number of phenolic OH excluding ortho intramolecular Hbond substituents is 1. The van der Waals surface area contributed by atoms with Gasteiger partial charge in [-0.3, -0.25) is 4.98 Å². The van der Waals surface area contributed by atoms with Crippen LogP contribution in [-0.2, 0) is 0 Å². The van der Waals surface area contributed by atoms with E-state index in [0.717, 1.165) is 26.5 Å². The van der Waals surface area contributed by atoms with Gasteiger partial charge in [0.05, 0.1) is 9.99 Å². The highest BCUT2D eigenvalue weighted by molar-refractivity contribution is 9.10. The molecule has 0 unspecified atom stereocenters. The van der Waals surface area contributed by atoms with Crippen molar-refractivity contribution in [2.75, 3.05) is 0 Å². The fraction of sp³-hybridized carbons (Fsp3) is 0. The van der Waals surface area contributed by atoms with Gasteiger partial charge >= 0.3 is 0 Å².